The SMILES string of the molecule is CC1C=CC=C(C(CCNC2CCC(Nc3nc(N(C)C)c4ccccc4n3)CC2)c2ccccc2)C1. The fourth-order valence-electron chi connectivity index (χ4n) is 5.91. The third-order valence-electron chi connectivity index (χ3n) is 7.89. The normalized spacial score (nSPS) is 22.5. The zero-order chi connectivity index (χ0) is 25.6. The molecule has 1 heterocycles. The monoisotopic (exact) mass is 495 g/mol. The number of aromatic nitrogens is 2. The Kier molecular flexibility index (Phi) is 8.20. The molecular weight excluding hydrogens is 454 g/mol. The van der Waals surface area contributed by atoms with E-state index in [0.29, 0.717) is 23.9 Å². The number of allylic oxidation sites excluding steroid dienone is 4. The first kappa shape index (κ1) is 25.5. The number of anilines is 2. The Balaban J connectivity index is 1.15. The summed E-state index contributed by atoms with van der Waals surface area (Å²) in [5.74, 6) is 2.83. The van der Waals surface area contributed by atoms with Gasteiger partial charge in [-0.2, -0.15) is 4.98 Å². The molecule has 1 fully saturated rings. The van der Waals surface area contributed by atoms with Crippen LogP contribution in [0.4, 0.5) is 11.8 Å². The van der Waals surface area contributed by atoms with Gasteiger partial charge >= 0.3 is 0 Å². The predicted octanol–water partition coefficient (Wildman–Crippen LogP) is 6.70. The van der Waals surface area contributed by atoms with E-state index in [1.54, 1.807) is 5.57 Å². The van der Waals surface area contributed by atoms with Crippen molar-refractivity contribution in [2.24, 2.45) is 5.92 Å². The molecule has 2 aliphatic rings. The third-order valence-corrected chi connectivity index (χ3v) is 7.89. The Morgan fingerprint density at radius 3 is 2.41 bits per heavy atom. The Morgan fingerprint density at radius 1 is 0.919 bits per heavy atom. The van der Waals surface area contributed by atoms with Crippen LogP contribution in [0.25, 0.3) is 10.9 Å². The van der Waals surface area contributed by atoms with E-state index < -0.39 is 0 Å². The molecule has 2 atom stereocenters. The highest BCUT2D eigenvalue weighted by atomic mass is 15.2. The van der Waals surface area contributed by atoms with Crippen molar-refractivity contribution in [2.75, 3.05) is 30.9 Å². The first-order valence-corrected chi connectivity index (χ1v) is 13.9. The van der Waals surface area contributed by atoms with Crippen molar-refractivity contribution >= 4 is 22.7 Å². The van der Waals surface area contributed by atoms with Crippen LogP contribution in [0.3, 0.4) is 0 Å². The molecule has 2 N–H and O–H groups in total. The van der Waals surface area contributed by atoms with Crippen LogP contribution in [0.2, 0.25) is 0 Å². The lowest BCUT2D eigenvalue weighted by molar-refractivity contribution is 0.350. The average molecular weight is 496 g/mol. The van der Waals surface area contributed by atoms with E-state index in [2.05, 4.69) is 83.1 Å². The summed E-state index contributed by atoms with van der Waals surface area (Å²) in [4.78, 5) is 11.7. The molecule has 0 bridgehead atoms. The lowest BCUT2D eigenvalue weighted by atomic mass is 9.81. The summed E-state index contributed by atoms with van der Waals surface area (Å²) in [5.41, 5.74) is 4.01. The maximum absolute atomic E-state index is 4.84. The molecule has 5 heteroatoms. The molecule has 5 nitrogen and oxygen atoms in total. The first-order chi connectivity index (χ1) is 18.1. The molecule has 0 saturated heterocycles. The van der Waals surface area contributed by atoms with Crippen LogP contribution in [0.1, 0.15) is 56.9 Å². The topological polar surface area (TPSA) is 53.1 Å². The predicted molar refractivity (Wildman–Crippen MR) is 156 cm³/mol. The van der Waals surface area contributed by atoms with Crippen molar-refractivity contribution in [3.05, 3.63) is 84.0 Å². The summed E-state index contributed by atoms with van der Waals surface area (Å²) in [5, 5.41) is 8.63. The molecule has 1 saturated carbocycles. The van der Waals surface area contributed by atoms with Crippen LogP contribution in [0.5, 0.6) is 0 Å². The quantitative estimate of drug-likeness (QED) is 0.346. The maximum Gasteiger partial charge on any atom is 0.225 e. The highest BCUT2D eigenvalue weighted by Crippen LogP contribution is 2.34. The van der Waals surface area contributed by atoms with Gasteiger partial charge in [-0.15, -0.1) is 0 Å². The molecule has 0 amide bonds. The number of fused-ring (bicyclic) bond motifs is 1. The molecular formula is C32H41N5. The van der Waals surface area contributed by atoms with Crippen molar-refractivity contribution in [3.8, 4) is 0 Å². The van der Waals surface area contributed by atoms with Crippen molar-refractivity contribution in [2.45, 2.75) is 63.5 Å². The van der Waals surface area contributed by atoms with Crippen LogP contribution >= 0.6 is 0 Å². The molecule has 5 rings (SSSR count). The van der Waals surface area contributed by atoms with Crippen molar-refractivity contribution < 1.29 is 0 Å². The second-order valence-electron chi connectivity index (χ2n) is 11.0. The highest BCUT2D eigenvalue weighted by Gasteiger charge is 2.24. The molecule has 1 aromatic heterocycles. The maximum atomic E-state index is 4.84. The largest absolute Gasteiger partial charge is 0.362 e. The van der Waals surface area contributed by atoms with E-state index in [-0.39, 0.29) is 0 Å². The molecule has 3 aromatic rings. The van der Waals surface area contributed by atoms with Crippen molar-refractivity contribution in [1.82, 2.24) is 15.3 Å². The summed E-state index contributed by atoms with van der Waals surface area (Å²) < 4.78 is 0. The van der Waals surface area contributed by atoms with E-state index >= 15 is 0 Å². The van der Waals surface area contributed by atoms with E-state index in [1.165, 1.54) is 24.8 Å². The summed E-state index contributed by atoms with van der Waals surface area (Å²) in [6.07, 6.45) is 13.9. The Hall–Kier alpha value is -3.18. The molecule has 0 aliphatic heterocycles. The lowest BCUT2D eigenvalue weighted by Gasteiger charge is -2.31. The van der Waals surface area contributed by atoms with Gasteiger partial charge < -0.3 is 15.5 Å². The minimum Gasteiger partial charge on any atom is -0.362 e. The molecule has 37 heavy (non-hydrogen) atoms. The number of benzene rings is 2. The number of rotatable bonds is 9. The molecule has 0 spiro atoms. The van der Waals surface area contributed by atoms with Gasteiger partial charge in [0.2, 0.25) is 5.95 Å². The number of nitrogens with zero attached hydrogens (tertiary/aromatic N) is 3. The molecule has 2 unspecified atom stereocenters. The van der Waals surface area contributed by atoms with Crippen LogP contribution < -0.4 is 15.5 Å². The van der Waals surface area contributed by atoms with Crippen LogP contribution in [-0.4, -0.2) is 42.7 Å². The summed E-state index contributed by atoms with van der Waals surface area (Å²) in [6, 6.07) is 20.3. The Labute approximate surface area is 222 Å². The Bertz CT molecular complexity index is 1220. The van der Waals surface area contributed by atoms with Gasteiger partial charge in [0.1, 0.15) is 5.82 Å². The fraction of sp³-hybridized carbons (Fsp3) is 0.438. The first-order valence-electron chi connectivity index (χ1n) is 13.9. The van der Waals surface area contributed by atoms with Gasteiger partial charge in [0, 0.05) is 37.5 Å². The number of nitrogens with one attached hydrogen (secondary N) is 2. The lowest BCUT2D eigenvalue weighted by Crippen LogP contribution is -2.38. The second-order valence-corrected chi connectivity index (χ2v) is 11.0. The van der Waals surface area contributed by atoms with E-state index in [0.717, 1.165) is 48.5 Å². The standard InChI is InChI=1S/C32H41N5/c1-23-10-9-13-25(22-23)28(24-11-5-4-6-12-24)20-21-33-26-16-18-27(19-17-26)34-32-35-30-15-8-7-14-29(30)31(36-32)37(2)3/h4-15,23,26-28,33H,16-22H2,1-3H3,(H,34,35,36). The number of hydrogen-bond donors (Lipinski definition) is 2. The van der Waals surface area contributed by atoms with Gasteiger partial charge in [-0.1, -0.05) is 73.2 Å². The molecule has 0 radical (unpaired) electrons. The fourth-order valence-corrected chi connectivity index (χ4v) is 5.91. The van der Waals surface area contributed by atoms with E-state index in [4.69, 9.17) is 9.97 Å². The van der Waals surface area contributed by atoms with Crippen LogP contribution in [0, 0.1) is 5.92 Å². The zero-order valence-electron chi connectivity index (χ0n) is 22.5. The number of para-hydroxylation sites is 1. The van der Waals surface area contributed by atoms with Gasteiger partial charge in [-0.05, 0) is 68.7 Å². The van der Waals surface area contributed by atoms with Crippen molar-refractivity contribution in [3.63, 3.8) is 0 Å². The summed E-state index contributed by atoms with van der Waals surface area (Å²) in [6.45, 7) is 3.37. The van der Waals surface area contributed by atoms with E-state index in [9.17, 15) is 0 Å². The van der Waals surface area contributed by atoms with Crippen LogP contribution in [-0.2, 0) is 0 Å². The van der Waals surface area contributed by atoms with Crippen LogP contribution in [0.15, 0.2) is 78.4 Å². The minimum atomic E-state index is 0.423. The van der Waals surface area contributed by atoms with Gasteiger partial charge in [0.15, 0.2) is 0 Å². The smallest absolute Gasteiger partial charge is 0.225 e. The average Bonchev–Trinajstić information content (AvgIpc) is 2.92. The van der Waals surface area contributed by atoms with Crippen molar-refractivity contribution in [1.29, 1.82) is 0 Å². The zero-order valence-corrected chi connectivity index (χ0v) is 22.5. The van der Waals surface area contributed by atoms with Gasteiger partial charge in [-0.25, -0.2) is 4.98 Å². The second kappa shape index (κ2) is 11.9. The van der Waals surface area contributed by atoms with Gasteiger partial charge in [-0.3, -0.25) is 0 Å². The molecule has 2 aliphatic carbocycles. The highest BCUT2D eigenvalue weighted by molar-refractivity contribution is 5.90. The third kappa shape index (κ3) is 6.40. The van der Waals surface area contributed by atoms with Gasteiger partial charge in [0.25, 0.3) is 0 Å². The van der Waals surface area contributed by atoms with E-state index in [1.807, 2.05) is 26.2 Å². The minimum absolute atomic E-state index is 0.423. The summed E-state index contributed by atoms with van der Waals surface area (Å²) in [7, 11) is 4.08. The number of hydrogen-bond acceptors (Lipinski definition) is 5. The Morgan fingerprint density at radius 2 is 1.65 bits per heavy atom. The summed E-state index contributed by atoms with van der Waals surface area (Å²) >= 11 is 0. The molecule has 2 aromatic carbocycles. The molecule has 194 valence electrons. The van der Waals surface area contributed by atoms with Gasteiger partial charge in [0.05, 0.1) is 5.52 Å².